The number of hydrogen-bond acceptors (Lipinski definition) is 5. The molecule has 0 aliphatic carbocycles. The summed E-state index contributed by atoms with van der Waals surface area (Å²) >= 11 is 12.6. The van der Waals surface area contributed by atoms with Gasteiger partial charge in [0.25, 0.3) is 0 Å². The van der Waals surface area contributed by atoms with Gasteiger partial charge in [-0.25, -0.2) is 9.59 Å². The van der Waals surface area contributed by atoms with Crippen LogP contribution in [-0.2, 0) is 5.54 Å². The molecule has 45 heavy (non-hydrogen) atoms. The summed E-state index contributed by atoms with van der Waals surface area (Å²) in [7, 11) is 5.06. The molecule has 0 unspecified atom stereocenters. The van der Waals surface area contributed by atoms with Crippen LogP contribution in [0.5, 0.6) is 11.5 Å². The van der Waals surface area contributed by atoms with Crippen LogP contribution in [0.2, 0.25) is 10.0 Å². The number of hydrogen-bond donors (Lipinski definition) is 0. The molecule has 1 saturated heterocycles. The third kappa shape index (κ3) is 6.56. The first kappa shape index (κ1) is 32.4. The molecule has 2 atom stereocenters. The van der Waals surface area contributed by atoms with Gasteiger partial charge in [-0.1, -0.05) is 47.5 Å². The van der Waals surface area contributed by atoms with E-state index in [-0.39, 0.29) is 18.2 Å². The Kier molecular flexibility index (Phi) is 9.51. The largest absolute Gasteiger partial charge is 0.497 e. The van der Waals surface area contributed by atoms with E-state index in [0.717, 1.165) is 11.1 Å². The molecule has 5 rings (SSSR count). The smallest absolute Gasteiger partial charge is 0.326 e. The van der Waals surface area contributed by atoms with Crippen molar-refractivity contribution in [2.24, 2.45) is 4.99 Å². The summed E-state index contributed by atoms with van der Waals surface area (Å²) in [5.41, 5.74) is 1.50. The molecule has 3 aromatic carbocycles. The fraction of sp³-hybridized carbons (Fsp3) is 0.382. The fourth-order valence-corrected chi connectivity index (χ4v) is 6.17. The number of piperazine rings is 1. The molecule has 3 aromatic rings. The minimum Gasteiger partial charge on any atom is -0.497 e. The van der Waals surface area contributed by atoms with E-state index in [1.54, 1.807) is 40.8 Å². The number of rotatable bonds is 6. The fourth-order valence-electron chi connectivity index (χ4n) is 5.92. The predicted molar refractivity (Wildman–Crippen MR) is 178 cm³/mol. The highest BCUT2D eigenvalue weighted by Gasteiger charge is 2.52. The van der Waals surface area contributed by atoms with E-state index in [1.807, 2.05) is 87.5 Å². The summed E-state index contributed by atoms with van der Waals surface area (Å²) in [6.45, 7) is 7.54. The number of halogens is 2. The molecule has 0 saturated carbocycles. The predicted octanol–water partition coefficient (Wildman–Crippen LogP) is 6.93. The van der Waals surface area contributed by atoms with Gasteiger partial charge in [0.15, 0.2) is 0 Å². The van der Waals surface area contributed by atoms with Gasteiger partial charge in [0, 0.05) is 56.4 Å². The molecule has 4 amide bonds. The molecule has 0 spiro atoms. The van der Waals surface area contributed by atoms with Crippen LogP contribution >= 0.6 is 23.2 Å². The van der Waals surface area contributed by atoms with E-state index < -0.39 is 11.6 Å². The average Bonchev–Trinajstić information content (AvgIpc) is 3.34. The van der Waals surface area contributed by atoms with Gasteiger partial charge in [-0.2, -0.15) is 0 Å². The number of carbonyl (C=O) groups is 2. The molecule has 9 nitrogen and oxygen atoms in total. The molecule has 0 aromatic heterocycles. The number of urea groups is 2. The van der Waals surface area contributed by atoms with E-state index >= 15 is 0 Å². The number of methoxy groups -OCH3 is 1. The van der Waals surface area contributed by atoms with Gasteiger partial charge in [0.05, 0.1) is 24.8 Å². The zero-order chi connectivity index (χ0) is 32.5. The monoisotopic (exact) mass is 651 g/mol. The molecule has 238 valence electrons. The van der Waals surface area contributed by atoms with Crippen LogP contribution in [0.3, 0.4) is 0 Å². The quantitative estimate of drug-likeness (QED) is 0.290. The standard InChI is InChI=1S/C34H39Cl2N5O4/c1-22(2)45-29-21-27(44-6)15-16-28(29)31-37-34(3,24-9-13-26(36)14-10-24)30(23-7-11-25(35)12-8-23)41(31)33(43)40-19-17-39(18-20-40)32(42)38(4)5/h7-16,21-22,30H,17-20H2,1-6H3/t30-,34-/m0/s1. The second-order valence-corrected chi connectivity index (χ2v) is 12.7. The van der Waals surface area contributed by atoms with Crippen LogP contribution in [0.15, 0.2) is 71.7 Å². The normalized spacial score (nSPS) is 19.9. The van der Waals surface area contributed by atoms with Crippen molar-refractivity contribution in [2.75, 3.05) is 47.4 Å². The first-order valence-corrected chi connectivity index (χ1v) is 15.7. The summed E-state index contributed by atoms with van der Waals surface area (Å²) in [5, 5.41) is 1.20. The maximum absolute atomic E-state index is 14.8. The lowest BCUT2D eigenvalue weighted by Gasteiger charge is -2.41. The molecular formula is C34H39Cl2N5O4. The SMILES string of the molecule is COc1ccc(C2=N[C@@](C)(c3ccc(Cl)cc3)[C@H](c3ccc(Cl)cc3)N2C(=O)N2CCN(C(=O)N(C)C)CC2)c(OC(C)C)c1. The Hall–Kier alpha value is -3.95. The van der Waals surface area contributed by atoms with Crippen molar-refractivity contribution in [2.45, 2.75) is 38.5 Å². The maximum atomic E-state index is 14.8. The van der Waals surface area contributed by atoms with Crippen molar-refractivity contribution < 1.29 is 19.1 Å². The Morgan fingerprint density at radius 2 is 1.49 bits per heavy atom. The van der Waals surface area contributed by atoms with Crippen LogP contribution in [0.1, 0.15) is 43.5 Å². The lowest BCUT2D eigenvalue weighted by atomic mass is 9.81. The summed E-state index contributed by atoms with van der Waals surface area (Å²) < 4.78 is 11.8. The molecule has 2 aliphatic rings. The van der Waals surface area contributed by atoms with Gasteiger partial charge in [-0.15, -0.1) is 0 Å². The number of amides is 4. The molecule has 0 bridgehead atoms. The number of benzene rings is 3. The molecule has 1 fully saturated rings. The maximum Gasteiger partial charge on any atom is 0.326 e. The van der Waals surface area contributed by atoms with Crippen molar-refractivity contribution >= 4 is 41.1 Å². The van der Waals surface area contributed by atoms with E-state index in [4.69, 9.17) is 37.7 Å². The summed E-state index contributed by atoms with van der Waals surface area (Å²) in [6.07, 6.45) is -0.140. The molecular weight excluding hydrogens is 613 g/mol. The second kappa shape index (κ2) is 13.2. The van der Waals surface area contributed by atoms with Crippen LogP contribution in [0.25, 0.3) is 0 Å². The highest BCUT2D eigenvalue weighted by molar-refractivity contribution is 6.30. The molecule has 2 heterocycles. The topological polar surface area (TPSA) is 77.9 Å². The van der Waals surface area contributed by atoms with Crippen molar-refractivity contribution in [3.8, 4) is 11.5 Å². The lowest BCUT2D eigenvalue weighted by Crippen LogP contribution is -2.56. The van der Waals surface area contributed by atoms with Gasteiger partial charge >= 0.3 is 12.1 Å². The molecule has 11 heteroatoms. The third-order valence-electron chi connectivity index (χ3n) is 8.17. The second-order valence-electron chi connectivity index (χ2n) is 11.9. The third-order valence-corrected chi connectivity index (χ3v) is 8.68. The lowest BCUT2D eigenvalue weighted by molar-refractivity contribution is 0.112. The van der Waals surface area contributed by atoms with Crippen molar-refractivity contribution in [3.05, 3.63) is 93.5 Å². The minimum absolute atomic E-state index is 0.0754. The van der Waals surface area contributed by atoms with E-state index in [9.17, 15) is 9.59 Å². The number of carbonyl (C=O) groups excluding carboxylic acids is 2. The number of nitrogens with zero attached hydrogens (tertiary/aromatic N) is 5. The Morgan fingerprint density at radius 3 is 2.04 bits per heavy atom. The van der Waals surface area contributed by atoms with Gasteiger partial charge in [0.2, 0.25) is 0 Å². The van der Waals surface area contributed by atoms with Crippen LogP contribution in [0, 0.1) is 0 Å². The number of ether oxygens (including phenoxy) is 2. The zero-order valence-electron chi connectivity index (χ0n) is 26.5. The van der Waals surface area contributed by atoms with E-state index in [1.165, 1.54) is 0 Å². The highest BCUT2D eigenvalue weighted by Crippen LogP contribution is 2.50. The molecule has 0 radical (unpaired) electrons. The number of amidine groups is 1. The Balaban J connectivity index is 1.67. The average molecular weight is 653 g/mol. The first-order chi connectivity index (χ1) is 21.4. The van der Waals surface area contributed by atoms with Crippen molar-refractivity contribution in [3.63, 3.8) is 0 Å². The Bertz CT molecular complexity index is 1570. The van der Waals surface area contributed by atoms with Gasteiger partial charge in [-0.3, -0.25) is 9.89 Å². The van der Waals surface area contributed by atoms with Gasteiger partial charge in [0.1, 0.15) is 22.9 Å². The van der Waals surface area contributed by atoms with Crippen LogP contribution in [-0.4, -0.2) is 91.0 Å². The van der Waals surface area contributed by atoms with Gasteiger partial charge in [-0.05, 0) is 68.3 Å². The highest BCUT2D eigenvalue weighted by atomic mass is 35.5. The van der Waals surface area contributed by atoms with Crippen LogP contribution in [0.4, 0.5) is 9.59 Å². The van der Waals surface area contributed by atoms with Gasteiger partial charge < -0.3 is 24.2 Å². The molecule has 2 aliphatic heterocycles. The number of aliphatic imine (C=N–C) groups is 1. The Labute approximate surface area is 274 Å². The minimum atomic E-state index is -0.916. The zero-order valence-corrected chi connectivity index (χ0v) is 28.0. The summed E-state index contributed by atoms with van der Waals surface area (Å²) in [6, 6.07) is 19.8. The summed E-state index contributed by atoms with van der Waals surface area (Å²) in [5.74, 6) is 1.65. The van der Waals surface area contributed by atoms with Crippen molar-refractivity contribution in [1.82, 2.24) is 19.6 Å². The summed E-state index contributed by atoms with van der Waals surface area (Å²) in [4.78, 5) is 39.7. The Morgan fingerprint density at radius 1 is 0.911 bits per heavy atom. The van der Waals surface area contributed by atoms with Crippen molar-refractivity contribution in [1.29, 1.82) is 0 Å². The first-order valence-electron chi connectivity index (χ1n) is 14.9. The molecule has 0 N–H and O–H groups in total. The van der Waals surface area contributed by atoms with Crippen LogP contribution < -0.4 is 9.47 Å². The van der Waals surface area contributed by atoms with E-state index in [2.05, 4.69) is 0 Å². The van der Waals surface area contributed by atoms with E-state index in [0.29, 0.717) is 59.1 Å².